The molecular formula is C14H20N2. The van der Waals surface area contributed by atoms with Crippen LogP contribution in [0.2, 0.25) is 0 Å². The Balaban J connectivity index is 2.04. The Bertz CT molecular complexity index is 388. The average Bonchev–Trinajstić information content (AvgIpc) is 2.62. The molecule has 3 rings (SSSR count). The van der Waals surface area contributed by atoms with Gasteiger partial charge in [-0.25, -0.2) is 0 Å². The molecule has 0 spiro atoms. The smallest absolute Gasteiger partial charge is 0.0399 e. The Morgan fingerprint density at radius 3 is 2.81 bits per heavy atom. The normalized spacial score (nSPS) is 29.8. The summed E-state index contributed by atoms with van der Waals surface area (Å²) in [6.45, 7) is 3.70. The molecule has 1 fully saturated rings. The van der Waals surface area contributed by atoms with Crippen molar-refractivity contribution in [1.29, 1.82) is 0 Å². The molecule has 2 nitrogen and oxygen atoms in total. The summed E-state index contributed by atoms with van der Waals surface area (Å²) in [5.41, 5.74) is 3.02. The summed E-state index contributed by atoms with van der Waals surface area (Å²) in [5.74, 6) is 1.61. The van der Waals surface area contributed by atoms with Gasteiger partial charge in [0.2, 0.25) is 0 Å². The third-order valence-electron chi connectivity index (χ3n) is 4.21. The molecule has 1 aromatic carbocycles. The molecule has 2 heterocycles. The van der Waals surface area contributed by atoms with Crippen LogP contribution in [0.3, 0.4) is 0 Å². The number of likely N-dealkylation sites (tertiary alicyclic amines) is 1. The van der Waals surface area contributed by atoms with E-state index >= 15 is 0 Å². The summed E-state index contributed by atoms with van der Waals surface area (Å²) in [7, 11) is 4.48. The van der Waals surface area contributed by atoms with E-state index < -0.39 is 0 Å². The highest BCUT2D eigenvalue weighted by Crippen LogP contribution is 2.41. The van der Waals surface area contributed by atoms with Crippen molar-refractivity contribution in [2.75, 3.05) is 38.6 Å². The van der Waals surface area contributed by atoms with E-state index in [-0.39, 0.29) is 0 Å². The van der Waals surface area contributed by atoms with Gasteiger partial charge in [0.05, 0.1) is 0 Å². The molecule has 0 radical (unpaired) electrons. The second-order valence-corrected chi connectivity index (χ2v) is 5.36. The van der Waals surface area contributed by atoms with E-state index in [1.54, 1.807) is 5.56 Å². The van der Waals surface area contributed by atoms with Gasteiger partial charge in [0.25, 0.3) is 0 Å². The molecule has 0 aliphatic carbocycles. The van der Waals surface area contributed by atoms with Gasteiger partial charge in [-0.05, 0) is 31.0 Å². The average molecular weight is 216 g/mol. The van der Waals surface area contributed by atoms with Gasteiger partial charge in [-0.15, -0.1) is 0 Å². The number of hydrogen-bond donors (Lipinski definition) is 0. The topological polar surface area (TPSA) is 6.48 Å². The molecule has 2 aliphatic heterocycles. The number of anilines is 1. The van der Waals surface area contributed by atoms with Crippen LogP contribution in [0.1, 0.15) is 17.9 Å². The maximum atomic E-state index is 2.48. The zero-order valence-corrected chi connectivity index (χ0v) is 10.2. The predicted octanol–water partition coefficient (Wildman–Crippen LogP) is 2.17. The van der Waals surface area contributed by atoms with Crippen LogP contribution in [0.4, 0.5) is 5.69 Å². The lowest BCUT2D eigenvalue weighted by molar-refractivity contribution is 0.389. The van der Waals surface area contributed by atoms with Crippen LogP contribution < -0.4 is 4.90 Å². The first kappa shape index (κ1) is 10.2. The SMILES string of the molecule is CN1C[C@H]2CCN(C)c3ccccc3[C@@H]2C1. The first-order valence-electron chi connectivity index (χ1n) is 6.24. The first-order valence-corrected chi connectivity index (χ1v) is 6.24. The highest BCUT2D eigenvalue weighted by Gasteiger charge is 2.35. The number of rotatable bonds is 0. The Labute approximate surface area is 97.9 Å². The Morgan fingerprint density at radius 2 is 1.94 bits per heavy atom. The molecule has 2 aliphatic rings. The molecule has 86 valence electrons. The lowest BCUT2D eigenvalue weighted by Crippen LogP contribution is -2.21. The monoisotopic (exact) mass is 216 g/mol. The third-order valence-corrected chi connectivity index (χ3v) is 4.21. The number of para-hydroxylation sites is 1. The van der Waals surface area contributed by atoms with E-state index in [1.807, 2.05) is 0 Å². The minimum absolute atomic E-state index is 0.756. The Kier molecular flexibility index (Phi) is 2.40. The second kappa shape index (κ2) is 3.77. The minimum Gasteiger partial charge on any atom is -0.374 e. The van der Waals surface area contributed by atoms with Gasteiger partial charge >= 0.3 is 0 Å². The van der Waals surface area contributed by atoms with E-state index in [2.05, 4.69) is 48.2 Å². The molecule has 0 bridgehead atoms. The van der Waals surface area contributed by atoms with Gasteiger partial charge in [0.15, 0.2) is 0 Å². The molecule has 2 heteroatoms. The van der Waals surface area contributed by atoms with Crippen molar-refractivity contribution in [3.8, 4) is 0 Å². The van der Waals surface area contributed by atoms with Crippen LogP contribution in [0.25, 0.3) is 0 Å². The summed E-state index contributed by atoms with van der Waals surface area (Å²) in [4.78, 5) is 4.91. The summed E-state index contributed by atoms with van der Waals surface area (Å²) in [6, 6.07) is 8.95. The zero-order valence-electron chi connectivity index (χ0n) is 10.2. The molecule has 0 amide bonds. The minimum atomic E-state index is 0.756. The molecule has 0 N–H and O–H groups in total. The molecule has 1 aromatic rings. The molecule has 1 saturated heterocycles. The van der Waals surface area contributed by atoms with E-state index in [4.69, 9.17) is 0 Å². The molecular weight excluding hydrogens is 196 g/mol. The molecule has 0 saturated carbocycles. The van der Waals surface area contributed by atoms with Crippen LogP contribution in [-0.2, 0) is 0 Å². The van der Waals surface area contributed by atoms with Crippen molar-refractivity contribution in [1.82, 2.24) is 4.90 Å². The van der Waals surface area contributed by atoms with Crippen LogP contribution in [-0.4, -0.2) is 38.6 Å². The second-order valence-electron chi connectivity index (χ2n) is 5.36. The summed E-state index contributed by atoms with van der Waals surface area (Å²) in [5, 5.41) is 0. The summed E-state index contributed by atoms with van der Waals surface area (Å²) < 4.78 is 0. The Morgan fingerprint density at radius 1 is 1.12 bits per heavy atom. The summed E-state index contributed by atoms with van der Waals surface area (Å²) in [6.07, 6.45) is 1.33. The van der Waals surface area contributed by atoms with E-state index in [1.165, 1.54) is 31.7 Å². The van der Waals surface area contributed by atoms with Crippen molar-refractivity contribution in [2.24, 2.45) is 5.92 Å². The highest BCUT2D eigenvalue weighted by atomic mass is 15.1. The zero-order chi connectivity index (χ0) is 11.1. The van der Waals surface area contributed by atoms with Crippen LogP contribution in [0.15, 0.2) is 24.3 Å². The van der Waals surface area contributed by atoms with Gasteiger partial charge in [-0.3, -0.25) is 0 Å². The number of nitrogens with zero attached hydrogens (tertiary/aromatic N) is 2. The maximum absolute atomic E-state index is 2.48. The van der Waals surface area contributed by atoms with Gasteiger partial charge in [-0.2, -0.15) is 0 Å². The molecule has 0 unspecified atom stereocenters. The van der Waals surface area contributed by atoms with Crippen molar-refractivity contribution < 1.29 is 0 Å². The molecule has 16 heavy (non-hydrogen) atoms. The largest absolute Gasteiger partial charge is 0.374 e. The van der Waals surface area contributed by atoms with Crippen LogP contribution >= 0.6 is 0 Å². The fraction of sp³-hybridized carbons (Fsp3) is 0.571. The number of hydrogen-bond acceptors (Lipinski definition) is 2. The van der Waals surface area contributed by atoms with Crippen molar-refractivity contribution in [3.63, 3.8) is 0 Å². The predicted molar refractivity (Wildman–Crippen MR) is 68.1 cm³/mol. The number of benzene rings is 1. The van der Waals surface area contributed by atoms with E-state index in [9.17, 15) is 0 Å². The van der Waals surface area contributed by atoms with E-state index in [0.717, 1.165) is 11.8 Å². The van der Waals surface area contributed by atoms with Crippen molar-refractivity contribution in [3.05, 3.63) is 29.8 Å². The number of likely N-dealkylation sites (N-methyl/N-ethyl adjacent to an activating group) is 1. The van der Waals surface area contributed by atoms with Crippen molar-refractivity contribution in [2.45, 2.75) is 12.3 Å². The van der Waals surface area contributed by atoms with Gasteiger partial charge < -0.3 is 9.80 Å². The molecule has 0 aromatic heterocycles. The lowest BCUT2D eigenvalue weighted by atomic mass is 9.87. The maximum Gasteiger partial charge on any atom is 0.0399 e. The van der Waals surface area contributed by atoms with Crippen LogP contribution in [0, 0.1) is 5.92 Å². The van der Waals surface area contributed by atoms with Crippen LogP contribution in [0.5, 0.6) is 0 Å². The van der Waals surface area contributed by atoms with Gasteiger partial charge in [0.1, 0.15) is 0 Å². The fourth-order valence-electron chi connectivity index (χ4n) is 3.36. The molecule has 2 atom stereocenters. The number of fused-ring (bicyclic) bond motifs is 3. The van der Waals surface area contributed by atoms with Crippen molar-refractivity contribution >= 4 is 5.69 Å². The van der Waals surface area contributed by atoms with E-state index in [0.29, 0.717) is 0 Å². The van der Waals surface area contributed by atoms with Gasteiger partial charge in [0, 0.05) is 38.3 Å². The third kappa shape index (κ3) is 1.52. The first-order chi connectivity index (χ1) is 7.75. The standard InChI is InChI=1S/C14H20N2/c1-15-9-11-7-8-16(2)14-6-4-3-5-12(14)13(11)10-15/h3-6,11,13H,7-10H2,1-2H3/t11-,13-/m1/s1. The highest BCUT2D eigenvalue weighted by molar-refractivity contribution is 5.56. The van der Waals surface area contributed by atoms with Gasteiger partial charge in [-0.1, -0.05) is 18.2 Å². The quantitative estimate of drug-likeness (QED) is 0.656. The lowest BCUT2D eigenvalue weighted by Gasteiger charge is -2.21. The summed E-state index contributed by atoms with van der Waals surface area (Å²) >= 11 is 0. The fourth-order valence-corrected chi connectivity index (χ4v) is 3.36. The Hall–Kier alpha value is -1.02.